The van der Waals surface area contributed by atoms with Crippen molar-refractivity contribution in [3.8, 4) is 11.3 Å². The van der Waals surface area contributed by atoms with Gasteiger partial charge in [0.25, 0.3) is 0 Å². The Bertz CT molecular complexity index is 504. The topological polar surface area (TPSA) is 76.5 Å². The van der Waals surface area contributed by atoms with Crippen molar-refractivity contribution in [2.45, 2.75) is 12.5 Å². The van der Waals surface area contributed by atoms with Gasteiger partial charge in [0.05, 0.1) is 12.5 Å². The third-order valence-electron chi connectivity index (χ3n) is 2.45. The molecular formula is C13H13NO3. The summed E-state index contributed by atoms with van der Waals surface area (Å²) >= 11 is 0. The maximum absolute atomic E-state index is 10.5. The van der Waals surface area contributed by atoms with E-state index >= 15 is 0 Å². The third-order valence-corrected chi connectivity index (χ3v) is 2.45. The molecule has 3 N–H and O–H groups in total. The van der Waals surface area contributed by atoms with Crippen LogP contribution in [0.25, 0.3) is 11.3 Å². The van der Waals surface area contributed by atoms with Gasteiger partial charge in [-0.25, -0.2) is 0 Å². The third kappa shape index (κ3) is 2.73. The average molecular weight is 231 g/mol. The van der Waals surface area contributed by atoms with E-state index in [4.69, 9.17) is 15.3 Å². The van der Waals surface area contributed by atoms with Crippen molar-refractivity contribution in [1.29, 1.82) is 0 Å². The van der Waals surface area contributed by atoms with Crippen molar-refractivity contribution in [3.63, 3.8) is 0 Å². The van der Waals surface area contributed by atoms with E-state index in [2.05, 4.69) is 0 Å². The Hall–Kier alpha value is -2.07. The number of nitrogens with two attached hydrogens (primary N) is 1. The van der Waals surface area contributed by atoms with Crippen molar-refractivity contribution < 1.29 is 14.3 Å². The van der Waals surface area contributed by atoms with Crippen LogP contribution in [-0.4, -0.2) is 11.1 Å². The Morgan fingerprint density at radius 3 is 2.59 bits per heavy atom. The van der Waals surface area contributed by atoms with E-state index in [1.54, 1.807) is 12.1 Å². The maximum Gasteiger partial charge on any atom is 0.305 e. The van der Waals surface area contributed by atoms with Crippen LogP contribution in [0.5, 0.6) is 0 Å². The molecule has 0 aliphatic carbocycles. The zero-order chi connectivity index (χ0) is 12.3. The quantitative estimate of drug-likeness (QED) is 0.847. The van der Waals surface area contributed by atoms with Crippen molar-refractivity contribution in [3.05, 3.63) is 48.2 Å². The number of carbonyl (C=O) groups is 1. The Kier molecular flexibility index (Phi) is 3.25. The van der Waals surface area contributed by atoms with Crippen molar-refractivity contribution in [2.24, 2.45) is 5.73 Å². The van der Waals surface area contributed by atoms with Crippen molar-refractivity contribution >= 4 is 5.97 Å². The summed E-state index contributed by atoms with van der Waals surface area (Å²) in [5, 5.41) is 8.65. The second-order valence-electron chi connectivity index (χ2n) is 3.77. The Balaban J connectivity index is 2.19. The van der Waals surface area contributed by atoms with Gasteiger partial charge in [0.1, 0.15) is 11.5 Å². The molecule has 0 unspecified atom stereocenters. The highest BCUT2D eigenvalue weighted by molar-refractivity contribution is 5.67. The van der Waals surface area contributed by atoms with Gasteiger partial charge in [-0.1, -0.05) is 30.3 Å². The summed E-state index contributed by atoms with van der Waals surface area (Å²) in [6.07, 6.45) is -0.137. The zero-order valence-electron chi connectivity index (χ0n) is 9.17. The number of furan rings is 1. The summed E-state index contributed by atoms with van der Waals surface area (Å²) in [5.74, 6) is 0.253. The monoisotopic (exact) mass is 231 g/mol. The molecule has 2 rings (SSSR count). The molecule has 17 heavy (non-hydrogen) atoms. The molecule has 4 heteroatoms. The van der Waals surface area contributed by atoms with Crippen LogP contribution in [0.15, 0.2) is 46.9 Å². The smallest absolute Gasteiger partial charge is 0.305 e. The molecule has 1 aromatic carbocycles. The van der Waals surface area contributed by atoms with Gasteiger partial charge in [0.15, 0.2) is 0 Å². The molecule has 1 heterocycles. The highest BCUT2D eigenvalue weighted by Gasteiger charge is 2.14. The molecule has 1 atom stereocenters. The number of aliphatic carboxylic acids is 1. The SMILES string of the molecule is N[C@@H](CC(=O)O)c1ccc(-c2ccccc2)o1. The highest BCUT2D eigenvalue weighted by Crippen LogP contribution is 2.25. The van der Waals surface area contributed by atoms with Crippen LogP contribution in [-0.2, 0) is 4.79 Å². The molecule has 2 aromatic rings. The molecule has 0 fully saturated rings. The van der Waals surface area contributed by atoms with Crippen LogP contribution >= 0.6 is 0 Å². The van der Waals surface area contributed by atoms with Crippen molar-refractivity contribution in [1.82, 2.24) is 0 Å². The fourth-order valence-electron chi connectivity index (χ4n) is 1.60. The van der Waals surface area contributed by atoms with Gasteiger partial charge < -0.3 is 15.3 Å². The van der Waals surface area contributed by atoms with Crippen LogP contribution in [0.3, 0.4) is 0 Å². The van der Waals surface area contributed by atoms with E-state index in [1.165, 1.54) is 0 Å². The first kappa shape index (κ1) is 11.4. The molecule has 0 amide bonds. The minimum absolute atomic E-state index is 0.137. The molecular weight excluding hydrogens is 218 g/mol. The molecule has 0 bridgehead atoms. The lowest BCUT2D eigenvalue weighted by molar-refractivity contribution is -0.137. The minimum Gasteiger partial charge on any atom is -0.481 e. The number of hydrogen-bond donors (Lipinski definition) is 2. The summed E-state index contributed by atoms with van der Waals surface area (Å²) in [4.78, 5) is 10.5. The van der Waals surface area contributed by atoms with E-state index in [0.717, 1.165) is 5.56 Å². The molecule has 0 radical (unpaired) electrons. The summed E-state index contributed by atoms with van der Waals surface area (Å²) in [6.45, 7) is 0. The highest BCUT2D eigenvalue weighted by atomic mass is 16.4. The zero-order valence-corrected chi connectivity index (χ0v) is 9.17. The largest absolute Gasteiger partial charge is 0.481 e. The lowest BCUT2D eigenvalue weighted by Gasteiger charge is -2.04. The predicted octanol–water partition coefficient (Wildman–Crippen LogP) is 2.42. The lowest BCUT2D eigenvalue weighted by Crippen LogP contribution is -2.14. The molecule has 0 spiro atoms. The molecule has 0 saturated carbocycles. The molecule has 1 aromatic heterocycles. The molecule has 4 nitrogen and oxygen atoms in total. The summed E-state index contributed by atoms with van der Waals surface area (Å²) < 4.78 is 5.54. The standard InChI is InChI=1S/C13H13NO3/c14-10(8-13(15)16)12-7-6-11(17-12)9-4-2-1-3-5-9/h1-7,10H,8,14H2,(H,15,16)/t10-/m0/s1. The molecule has 88 valence electrons. The number of benzene rings is 1. The Labute approximate surface area is 98.7 Å². The van der Waals surface area contributed by atoms with Crippen LogP contribution in [0.1, 0.15) is 18.2 Å². The second kappa shape index (κ2) is 4.84. The molecule has 0 aliphatic heterocycles. The normalized spacial score (nSPS) is 12.3. The van der Waals surface area contributed by atoms with E-state index in [1.807, 2.05) is 30.3 Å². The first-order valence-electron chi connectivity index (χ1n) is 5.29. The predicted molar refractivity (Wildman–Crippen MR) is 63.3 cm³/mol. The van der Waals surface area contributed by atoms with Crippen LogP contribution in [0, 0.1) is 0 Å². The first-order valence-corrected chi connectivity index (χ1v) is 5.29. The molecule has 0 aliphatic rings. The van der Waals surface area contributed by atoms with Gasteiger partial charge >= 0.3 is 5.97 Å². The van der Waals surface area contributed by atoms with Gasteiger partial charge in [-0.3, -0.25) is 4.79 Å². The Morgan fingerprint density at radius 2 is 1.94 bits per heavy atom. The van der Waals surface area contributed by atoms with Gasteiger partial charge in [0, 0.05) is 5.56 Å². The van der Waals surface area contributed by atoms with Gasteiger partial charge in [-0.15, -0.1) is 0 Å². The van der Waals surface area contributed by atoms with Crippen LogP contribution < -0.4 is 5.73 Å². The van der Waals surface area contributed by atoms with Gasteiger partial charge in [-0.2, -0.15) is 0 Å². The average Bonchev–Trinajstić information content (AvgIpc) is 2.78. The van der Waals surface area contributed by atoms with Crippen molar-refractivity contribution in [2.75, 3.05) is 0 Å². The van der Waals surface area contributed by atoms with Crippen LogP contribution in [0.4, 0.5) is 0 Å². The summed E-state index contributed by atoms with van der Waals surface area (Å²) in [7, 11) is 0. The van der Waals surface area contributed by atoms with Gasteiger partial charge in [-0.05, 0) is 12.1 Å². The molecule has 0 saturated heterocycles. The van der Waals surface area contributed by atoms with Crippen LogP contribution in [0.2, 0.25) is 0 Å². The number of carboxylic acids is 1. The fourth-order valence-corrected chi connectivity index (χ4v) is 1.60. The first-order chi connectivity index (χ1) is 8.16. The minimum atomic E-state index is -0.935. The second-order valence-corrected chi connectivity index (χ2v) is 3.77. The summed E-state index contributed by atoms with van der Waals surface area (Å²) in [5.41, 5.74) is 6.66. The number of carboxylic acid groups (broad SMARTS) is 1. The summed E-state index contributed by atoms with van der Waals surface area (Å²) in [6, 6.07) is 12.5. The lowest BCUT2D eigenvalue weighted by atomic mass is 10.1. The van der Waals surface area contributed by atoms with E-state index in [9.17, 15) is 4.79 Å². The number of rotatable bonds is 4. The van der Waals surface area contributed by atoms with E-state index in [-0.39, 0.29) is 6.42 Å². The van der Waals surface area contributed by atoms with E-state index < -0.39 is 12.0 Å². The fraction of sp³-hybridized carbons (Fsp3) is 0.154. The van der Waals surface area contributed by atoms with Gasteiger partial charge in [0.2, 0.25) is 0 Å². The Morgan fingerprint density at radius 1 is 1.24 bits per heavy atom. The van der Waals surface area contributed by atoms with E-state index in [0.29, 0.717) is 11.5 Å². The number of hydrogen-bond acceptors (Lipinski definition) is 3. The maximum atomic E-state index is 10.5.